The number of rotatable bonds is 10. The molecule has 1 unspecified atom stereocenters. The normalized spacial score (nSPS) is 16.2. The molecule has 1 amide bonds. The van der Waals surface area contributed by atoms with Crippen molar-refractivity contribution in [3.63, 3.8) is 0 Å². The lowest BCUT2D eigenvalue weighted by Crippen LogP contribution is -2.29. The van der Waals surface area contributed by atoms with Gasteiger partial charge in [0.05, 0.1) is 23.9 Å². The number of carbonyl (C=O) groups is 2. The number of aryl methyl sites for hydroxylation is 2. The first kappa shape index (κ1) is 31.8. The first-order valence-electron chi connectivity index (χ1n) is 14.8. The molecule has 1 aliphatic rings. The summed E-state index contributed by atoms with van der Waals surface area (Å²) in [5, 5.41) is 21.3. The third-order valence-electron chi connectivity index (χ3n) is 7.80. The summed E-state index contributed by atoms with van der Waals surface area (Å²) >= 11 is 8.97. The van der Waals surface area contributed by atoms with Gasteiger partial charge in [-0.2, -0.15) is 0 Å². The fourth-order valence-electron chi connectivity index (χ4n) is 5.32. The highest BCUT2D eigenvalue weighted by molar-refractivity contribution is 8.00. The molecule has 3 aromatic heterocycles. The lowest BCUT2D eigenvalue weighted by molar-refractivity contribution is -0.132. The summed E-state index contributed by atoms with van der Waals surface area (Å²) in [4.78, 5) is 33.6. The van der Waals surface area contributed by atoms with E-state index in [-0.39, 0.29) is 22.2 Å². The number of benzene rings is 2. The van der Waals surface area contributed by atoms with Crippen LogP contribution in [0, 0.1) is 19.8 Å². The smallest absolute Gasteiger partial charge is 0.301 e. The van der Waals surface area contributed by atoms with Crippen LogP contribution in [0.3, 0.4) is 0 Å². The maximum atomic E-state index is 13.8. The van der Waals surface area contributed by atoms with Crippen LogP contribution in [0.15, 0.2) is 76.8 Å². The van der Waals surface area contributed by atoms with Crippen molar-refractivity contribution in [1.29, 1.82) is 0 Å². The second-order valence-electron chi connectivity index (χ2n) is 11.4. The molecule has 1 aliphatic heterocycles. The highest BCUT2D eigenvalue weighted by atomic mass is 35.5. The maximum absolute atomic E-state index is 13.8. The Hall–Kier alpha value is -4.19. The number of thioether (sulfide) groups is 1. The van der Waals surface area contributed by atoms with Gasteiger partial charge in [-0.25, -0.2) is 4.98 Å². The summed E-state index contributed by atoms with van der Waals surface area (Å²) in [6.45, 7) is 8.50. The molecule has 1 saturated heterocycles. The average Bonchev–Trinajstić information content (AvgIpc) is 3.71. The van der Waals surface area contributed by atoms with E-state index in [9.17, 15) is 14.7 Å². The molecule has 0 bridgehead atoms. The predicted octanol–water partition coefficient (Wildman–Crippen LogP) is 7.80. The number of amides is 1. The molecule has 0 aliphatic carbocycles. The Balaban J connectivity index is 1.43. The average molecular weight is 674 g/mol. The van der Waals surface area contributed by atoms with Gasteiger partial charge in [0.1, 0.15) is 17.1 Å². The second kappa shape index (κ2) is 13.3. The van der Waals surface area contributed by atoms with Crippen LogP contribution in [-0.2, 0) is 15.3 Å². The molecule has 0 spiro atoms. The van der Waals surface area contributed by atoms with Gasteiger partial charge in [-0.15, -0.1) is 10.2 Å². The van der Waals surface area contributed by atoms with Gasteiger partial charge in [-0.1, -0.05) is 84.9 Å². The van der Waals surface area contributed by atoms with E-state index in [0.717, 1.165) is 17.5 Å². The Morgan fingerprint density at radius 1 is 1.09 bits per heavy atom. The minimum Gasteiger partial charge on any atom is -0.505 e. The van der Waals surface area contributed by atoms with Crippen molar-refractivity contribution in [3.8, 4) is 5.75 Å². The van der Waals surface area contributed by atoms with Crippen LogP contribution in [-0.4, -0.2) is 43.0 Å². The minimum atomic E-state index is -0.992. The number of carbonyl (C=O) groups excluding carboxylic acids is 2. The number of aromatic nitrogens is 4. The maximum Gasteiger partial charge on any atom is 0.301 e. The number of hydrogen-bond donors (Lipinski definition) is 1. The van der Waals surface area contributed by atoms with Gasteiger partial charge in [0.2, 0.25) is 5.13 Å². The number of aliphatic hydroxyl groups is 1. The van der Waals surface area contributed by atoms with Crippen LogP contribution in [0.5, 0.6) is 5.75 Å². The number of fused-ring (bicyclic) bond motifs is 1. The van der Waals surface area contributed by atoms with Gasteiger partial charge in [0.25, 0.3) is 5.78 Å². The topological polar surface area (TPSA) is 110 Å². The zero-order chi connectivity index (χ0) is 32.5. The third-order valence-corrected chi connectivity index (χ3v) is 10.3. The first-order chi connectivity index (χ1) is 22.1. The number of hydrogen-bond acceptors (Lipinski definition) is 9. The summed E-state index contributed by atoms with van der Waals surface area (Å²) < 4.78 is 8.49. The van der Waals surface area contributed by atoms with E-state index in [1.807, 2.05) is 73.0 Å². The molecule has 1 fully saturated rings. The van der Waals surface area contributed by atoms with Gasteiger partial charge >= 0.3 is 5.91 Å². The molecule has 5 aromatic rings. The third kappa shape index (κ3) is 6.14. The molecule has 4 heterocycles. The Morgan fingerprint density at radius 3 is 2.65 bits per heavy atom. The van der Waals surface area contributed by atoms with Crippen molar-refractivity contribution in [2.45, 2.75) is 50.3 Å². The molecule has 2 aromatic carbocycles. The van der Waals surface area contributed by atoms with E-state index < -0.39 is 17.7 Å². The fourth-order valence-corrected chi connectivity index (χ4v) is 7.47. The van der Waals surface area contributed by atoms with Gasteiger partial charge in [0, 0.05) is 17.0 Å². The van der Waals surface area contributed by atoms with Crippen molar-refractivity contribution < 1.29 is 19.4 Å². The van der Waals surface area contributed by atoms with E-state index in [1.54, 1.807) is 12.1 Å². The Labute approximate surface area is 279 Å². The predicted molar refractivity (Wildman–Crippen MR) is 182 cm³/mol. The van der Waals surface area contributed by atoms with Crippen LogP contribution < -0.4 is 9.64 Å². The van der Waals surface area contributed by atoms with Crippen molar-refractivity contribution in [2.75, 3.05) is 11.5 Å². The summed E-state index contributed by atoms with van der Waals surface area (Å²) in [5.74, 6) is -0.378. The molecule has 6 rings (SSSR count). The SMILES string of the molecule is Cc1cccn2c(C)c(/C(O)=C3\C(=O)C(=O)N(c4nnc(SCc5ccccc5Cl)s4)C3c3cccc(OCCC(C)C)c3)nc12. The molecule has 236 valence electrons. The van der Waals surface area contributed by atoms with E-state index in [0.29, 0.717) is 50.3 Å². The highest BCUT2D eigenvalue weighted by Crippen LogP contribution is 2.45. The van der Waals surface area contributed by atoms with Crippen molar-refractivity contribution in [1.82, 2.24) is 19.6 Å². The number of ketones is 1. The van der Waals surface area contributed by atoms with E-state index in [2.05, 4.69) is 29.0 Å². The van der Waals surface area contributed by atoms with Crippen molar-refractivity contribution in [2.24, 2.45) is 5.92 Å². The van der Waals surface area contributed by atoms with E-state index in [4.69, 9.17) is 16.3 Å². The number of nitrogens with zero attached hydrogens (tertiary/aromatic N) is 5. The van der Waals surface area contributed by atoms with Gasteiger partial charge in [-0.3, -0.25) is 14.5 Å². The molecule has 0 saturated carbocycles. The van der Waals surface area contributed by atoms with Crippen LogP contribution >= 0.6 is 34.7 Å². The lowest BCUT2D eigenvalue weighted by atomic mass is 9.96. The lowest BCUT2D eigenvalue weighted by Gasteiger charge is -2.23. The minimum absolute atomic E-state index is 0.0750. The number of anilines is 1. The van der Waals surface area contributed by atoms with Gasteiger partial charge in [0.15, 0.2) is 10.1 Å². The van der Waals surface area contributed by atoms with Crippen LogP contribution in [0.4, 0.5) is 5.13 Å². The number of aliphatic hydroxyl groups excluding tert-OH is 1. The fraction of sp³-hybridized carbons (Fsp3) is 0.265. The summed E-state index contributed by atoms with van der Waals surface area (Å²) in [5.41, 5.74) is 3.88. The molecule has 1 N–H and O–H groups in total. The van der Waals surface area contributed by atoms with Gasteiger partial charge < -0.3 is 14.2 Å². The number of halogens is 1. The molecule has 9 nitrogen and oxygen atoms in total. The second-order valence-corrected chi connectivity index (χ2v) is 14.0. The summed E-state index contributed by atoms with van der Waals surface area (Å²) in [6, 6.07) is 17.6. The van der Waals surface area contributed by atoms with Gasteiger partial charge in [-0.05, 0) is 67.1 Å². The molecular weight excluding hydrogens is 642 g/mol. The molecule has 46 heavy (non-hydrogen) atoms. The molecule has 1 atom stereocenters. The highest BCUT2D eigenvalue weighted by Gasteiger charge is 2.49. The number of ether oxygens (including phenoxy) is 1. The Kier molecular flexibility index (Phi) is 9.17. The molecule has 0 radical (unpaired) electrons. The Bertz CT molecular complexity index is 1990. The quantitative estimate of drug-likeness (QED) is 0.0526. The first-order valence-corrected chi connectivity index (χ1v) is 17.0. The summed E-state index contributed by atoms with van der Waals surface area (Å²) in [6.07, 6.45) is 2.72. The summed E-state index contributed by atoms with van der Waals surface area (Å²) in [7, 11) is 0. The largest absolute Gasteiger partial charge is 0.505 e. The Morgan fingerprint density at radius 2 is 1.89 bits per heavy atom. The zero-order valence-corrected chi connectivity index (χ0v) is 28.1. The number of Topliss-reactive ketones (excluding diaryl/α,β-unsaturated/α-hetero) is 1. The van der Waals surface area contributed by atoms with E-state index >= 15 is 0 Å². The van der Waals surface area contributed by atoms with Crippen LogP contribution in [0.25, 0.3) is 11.4 Å². The standard InChI is InChI=1S/C34H32ClN5O4S2/c1-19(2)14-16-44-24-12-7-11-22(17-24)28-26(29(41)27-21(4)39-15-8-9-20(3)31(39)36-27)30(42)32(43)40(28)33-37-38-34(46-33)45-18-23-10-5-6-13-25(23)35/h5-13,15,17,19,28,41H,14,16,18H2,1-4H3/b29-26+. The monoisotopic (exact) mass is 673 g/mol. The number of imidazole rings is 1. The number of pyridine rings is 1. The molecular formula is C34H32ClN5O4S2. The van der Waals surface area contributed by atoms with E-state index in [1.165, 1.54) is 28.0 Å². The van der Waals surface area contributed by atoms with Crippen molar-refractivity contribution in [3.05, 3.63) is 106 Å². The van der Waals surface area contributed by atoms with Crippen molar-refractivity contribution >= 4 is 62.9 Å². The zero-order valence-electron chi connectivity index (χ0n) is 25.7. The van der Waals surface area contributed by atoms with Crippen LogP contribution in [0.2, 0.25) is 5.02 Å². The molecule has 12 heteroatoms. The van der Waals surface area contributed by atoms with Crippen LogP contribution in [0.1, 0.15) is 54.4 Å².